The van der Waals surface area contributed by atoms with Gasteiger partial charge < -0.3 is 10.1 Å². The van der Waals surface area contributed by atoms with Gasteiger partial charge in [0.1, 0.15) is 5.82 Å². The van der Waals surface area contributed by atoms with E-state index in [1.54, 1.807) is 29.2 Å². The third-order valence-electron chi connectivity index (χ3n) is 5.26. The zero-order valence-electron chi connectivity index (χ0n) is 15.5. The SMILES string of the molecule is O=C(Nc1cnn(Cc2ccc(F)cc2)c1)C1(c2ccccc2)CCOCC1. The fraction of sp³-hybridized carbons (Fsp3) is 0.273. The first-order chi connectivity index (χ1) is 13.7. The van der Waals surface area contributed by atoms with E-state index in [0.29, 0.717) is 38.3 Å². The summed E-state index contributed by atoms with van der Waals surface area (Å²) in [4.78, 5) is 13.2. The first-order valence-electron chi connectivity index (χ1n) is 9.37. The van der Waals surface area contributed by atoms with Crippen LogP contribution in [0.4, 0.5) is 10.1 Å². The molecule has 0 aliphatic carbocycles. The minimum absolute atomic E-state index is 0.0386. The molecule has 3 aromatic rings. The third kappa shape index (κ3) is 3.82. The lowest BCUT2D eigenvalue weighted by molar-refractivity contribution is -0.125. The molecule has 1 amide bonds. The minimum atomic E-state index is -0.599. The lowest BCUT2D eigenvalue weighted by atomic mass is 9.73. The highest BCUT2D eigenvalue weighted by Gasteiger charge is 2.41. The largest absolute Gasteiger partial charge is 0.381 e. The Morgan fingerprint density at radius 1 is 1.11 bits per heavy atom. The molecule has 1 N–H and O–H groups in total. The summed E-state index contributed by atoms with van der Waals surface area (Å²) < 4.78 is 20.3. The molecule has 2 aromatic carbocycles. The quantitative estimate of drug-likeness (QED) is 0.734. The van der Waals surface area contributed by atoms with Crippen molar-refractivity contribution in [2.45, 2.75) is 24.8 Å². The van der Waals surface area contributed by atoms with Gasteiger partial charge in [0.25, 0.3) is 0 Å². The normalized spacial score (nSPS) is 15.9. The molecule has 0 unspecified atom stereocenters. The molecule has 2 heterocycles. The Kier molecular flexibility index (Phi) is 5.21. The fourth-order valence-electron chi connectivity index (χ4n) is 3.67. The Labute approximate surface area is 163 Å². The molecule has 5 nitrogen and oxygen atoms in total. The number of carbonyl (C=O) groups is 1. The van der Waals surface area contributed by atoms with Gasteiger partial charge in [-0.2, -0.15) is 5.10 Å². The molecular formula is C22H22FN3O2. The number of amides is 1. The average molecular weight is 379 g/mol. The molecule has 1 saturated heterocycles. The van der Waals surface area contributed by atoms with Crippen LogP contribution >= 0.6 is 0 Å². The first-order valence-corrected chi connectivity index (χ1v) is 9.37. The van der Waals surface area contributed by atoms with Gasteiger partial charge in [-0.25, -0.2) is 4.39 Å². The molecule has 1 aliphatic rings. The van der Waals surface area contributed by atoms with E-state index in [-0.39, 0.29) is 11.7 Å². The van der Waals surface area contributed by atoms with Crippen LogP contribution in [-0.4, -0.2) is 28.9 Å². The van der Waals surface area contributed by atoms with Gasteiger partial charge in [-0.15, -0.1) is 0 Å². The van der Waals surface area contributed by atoms with E-state index in [1.165, 1.54) is 12.1 Å². The van der Waals surface area contributed by atoms with E-state index < -0.39 is 5.41 Å². The van der Waals surface area contributed by atoms with Gasteiger partial charge in [0.05, 0.1) is 23.8 Å². The maximum Gasteiger partial charge on any atom is 0.235 e. The zero-order valence-corrected chi connectivity index (χ0v) is 15.5. The third-order valence-corrected chi connectivity index (χ3v) is 5.26. The number of hydrogen-bond acceptors (Lipinski definition) is 3. The van der Waals surface area contributed by atoms with Crippen LogP contribution in [-0.2, 0) is 21.5 Å². The number of ether oxygens (including phenoxy) is 1. The van der Waals surface area contributed by atoms with Gasteiger partial charge >= 0.3 is 0 Å². The van der Waals surface area contributed by atoms with Crippen LogP contribution in [0.2, 0.25) is 0 Å². The Hall–Kier alpha value is -2.99. The highest BCUT2D eigenvalue weighted by atomic mass is 19.1. The Morgan fingerprint density at radius 2 is 1.82 bits per heavy atom. The number of nitrogens with one attached hydrogen (secondary N) is 1. The Balaban J connectivity index is 1.50. The average Bonchev–Trinajstić information content (AvgIpc) is 3.17. The molecule has 4 rings (SSSR count). The van der Waals surface area contributed by atoms with E-state index in [0.717, 1.165) is 11.1 Å². The summed E-state index contributed by atoms with van der Waals surface area (Å²) in [7, 11) is 0. The van der Waals surface area contributed by atoms with Crippen molar-refractivity contribution >= 4 is 11.6 Å². The highest BCUT2D eigenvalue weighted by molar-refractivity contribution is 5.99. The fourth-order valence-corrected chi connectivity index (χ4v) is 3.67. The second-order valence-electron chi connectivity index (χ2n) is 7.07. The molecule has 1 fully saturated rings. The molecule has 0 bridgehead atoms. The Morgan fingerprint density at radius 3 is 2.54 bits per heavy atom. The summed E-state index contributed by atoms with van der Waals surface area (Å²) in [5, 5.41) is 7.34. The van der Waals surface area contributed by atoms with Crippen molar-refractivity contribution in [3.8, 4) is 0 Å². The van der Waals surface area contributed by atoms with E-state index in [4.69, 9.17) is 4.74 Å². The van der Waals surface area contributed by atoms with Crippen LogP contribution in [0.1, 0.15) is 24.0 Å². The molecule has 1 aliphatic heterocycles. The number of rotatable bonds is 5. The molecule has 0 saturated carbocycles. The van der Waals surface area contributed by atoms with Crippen LogP contribution in [0.25, 0.3) is 0 Å². The van der Waals surface area contributed by atoms with Gasteiger partial charge in [-0.1, -0.05) is 42.5 Å². The van der Waals surface area contributed by atoms with E-state index >= 15 is 0 Å². The summed E-state index contributed by atoms with van der Waals surface area (Å²) in [5.41, 5.74) is 1.99. The predicted octanol–water partition coefficient (Wildman–Crippen LogP) is 3.76. The molecule has 144 valence electrons. The summed E-state index contributed by atoms with van der Waals surface area (Å²) in [6.45, 7) is 1.63. The number of aromatic nitrogens is 2. The van der Waals surface area contributed by atoms with Gasteiger partial charge in [0.15, 0.2) is 0 Å². The molecule has 0 atom stereocenters. The zero-order chi connectivity index (χ0) is 19.4. The summed E-state index contributed by atoms with van der Waals surface area (Å²) >= 11 is 0. The van der Waals surface area contributed by atoms with Gasteiger partial charge in [0.2, 0.25) is 5.91 Å². The number of hydrogen-bond donors (Lipinski definition) is 1. The van der Waals surface area contributed by atoms with E-state index in [1.807, 2.05) is 30.3 Å². The maximum absolute atomic E-state index is 13.2. The Bertz CT molecular complexity index is 932. The van der Waals surface area contributed by atoms with Crippen LogP contribution in [0, 0.1) is 5.82 Å². The lowest BCUT2D eigenvalue weighted by Crippen LogP contribution is -2.44. The van der Waals surface area contributed by atoms with E-state index in [2.05, 4.69) is 10.4 Å². The lowest BCUT2D eigenvalue weighted by Gasteiger charge is -2.36. The number of nitrogens with zero attached hydrogens (tertiary/aromatic N) is 2. The van der Waals surface area contributed by atoms with Crippen molar-refractivity contribution in [3.63, 3.8) is 0 Å². The number of anilines is 1. The maximum atomic E-state index is 13.2. The van der Waals surface area contributed by atoms with Crippen molar-refractivity contribution in [2.24, 2.45) is 0 Å². The van der Waals surface area contributed by atoms with Gasteiger partial charge in [0, 0.05) is 19.4 Å². The molecule has 0 spiro atoms. The topological polar surface area (TPSA) is 56.2 Å². The standard InChI is InChI=1S/C22H22FN3O2/c23-19-8-6-17(7-9-19)15-26-16-20(14-24-26)25-21(27)22(10-12-28-13-11-22)18-4-2-1-3-5-18/h1-9,14,16H,10-13,15H2,(H,25,27). The monoisotopic (exact) mass is 379 g/mol. The number of benzene rings is 2. The minimum Gasteiger partial charge on any atom is -0.381 e. The van der Waals surface area contributed by atoms with Crippen LogP contribution < -0.4 is 5.32 Å². The smallest absolute Gasteiger partial charge is 0.235 e. The molecule has 6 heteroatoms. The van der Waals surface area contributed by atoms with Crippen molar-refractivity contribution in [1.29, 1.82) is 0 Å². The van der Waals surface area contributed by atoms with Gasteiger partial charge in [-0.05, 0) is 36.1 Å². The molecular weight excluding hydrogens is 357 g/mol. The van der Waals surface area contributed by atoms with Crippen LogP contribution in [0.5, 0.6) is 0 Å². The highest BCUT2D eigenvalue weighted by Crippen LogP contribution is 2.36. The molecule has 1 aromatic heterocycles. The van der Waals surface area contributed by atoms with Crippen molar-refractivity contribution in [3.05, 3.63) is 83.9 Å². The first kappa shape index (κ1) is 18.4. The second-order valence-corrected chi connectivity index (χ2v) is 7.07. The van der Waals surface area contributed by atoms with Gasteiger partial charge in [-0.3, -0.25) is 9.48 Å². The summed E-state index contributed by atoms with van der Waals surface area (Å²) in [5.74, 6) is -0.303. The van der Waals surface area contributed by atoms with Crippen LogP contribution in [0.3, 0.4) is 0 Å². The molecule has 0 radical (unpaired) electrons. The van der Waals surface area contributed by atoms with E-state index in [9.17, 15) is 9.18 Å². The van der Waals surface area contributed by atoms with Crippen molar-refractivity contribution in [2.75, 3.05) is 18.5 Å². The number of halogens is 1. The molecule has 28 heavy (non-hydrogen) atoms. The summed E-state index contributed by atoms with van der Waals surface area (Å²) in [6.07, 6.45) is 4.72. The number of carbonyl (C=O) groups excluding carboxylic acids is 1. The predicted molar refractivity (Wildman–Crippen MR) is 105 cm³/mol. The van der Waals surface area contributed by atoms with Crippen molar-refractivity contribution < 1.29 is 13.9 Å². The van der Waals surface area contributed by atoms with Crippen molar-refractivity contribution in [1.82, 2.24) is 9.78 Å². The second kappa shape index (κ2) is 7.94. The summed E-state index contributed by atoms with van der Waals surface area (Å²) in [6, 6.07) is 16.2. The van der Waals surface area contributed by atoms with Crippen LogP contribution in [0.15, 0.2) is 67.0 Å².